The van der Waals surface area contributed by atoms with Crippen molar-refractivity contribution in [2.75, 3.05) is 18.4 Å². The monoisotopic (exact) mass is 325 g/mol. The van der Waals surface area contributed by atoms with Gasteiger partial charge in [0, 0.05) is 30.9 Å². The number of hydrogen-bond donors (Lipinski definition) is 0. The van der Waals surface area contributed by atoms with Gasteiger partial charge in [-0.15, -0.1) is 0 Å². The van der Waals surface area contributed by atoms with Gasteiger partial charge in [0.1, 0.15) is 11.9 Å². The largest absolute Gasteiger partial charge is 0.488 e. The second-order valence-corrected chi connectivity index (χ2v) is 6.00. The number of halogens is 1. The topological polar surface area (TPSA) is 12.5 Å². The number of ether oxygens (including phenoxy) is 1. The van der Waals surface area contributed by atoms with Crippen LogP contribution in [0.5, 0.6) is 5.75 Å². The highest BCUT2D eigenvalue weighted by Crippen LogP contribution is 2.29. The van der Waals surface area contributed by atoms with Crippen molar-refractivity contribution in [3.05, 3.63) is 29.8 Å². The van der Waals surface area contributed by atoms with Crippen LogP contribution in [0.1, 0.15) is 32.3 Å². The standard InChI is InChI=1S/C16H24BrNO/c1-3-14(4-2)18(10-9-17)12-15-11-13-7-5-6-8-16(13)19-15/h5-8,14-15H,3-4,9-12H2,1-2H3. The van der Waals surface area contributed by atoms with Crippen molar-refractivity contribution in [3.8, 4) is 5.75 Å². The number of para-hydroxylation sites is 1. The van der Waals surface area contributed by atoms with Crippen molar-refractivity contribution in [1.29, 1.82) is 0 Å². The third kappa shape index (κ3) is 3.73. The first-order valence-corrected chi connectivity index (χ1v) is 8.45. The van der Waals surface area contributed by atoms with Crippen molar-refractivity contribution in [3.63, 3.8) is 0 Å². The van der Waals surface area contributed by atoms with E-state index in [1.54, 1.807) is 0 Å². The average molecular weight is 326 g/mol. The molecule has 3 heteroatoms. The van der Waals surface area contributed by atoms with Gasteiger partial charge in [-0.25, -0.2) is 0 Å². The molecule has 0 N–H and O–H groups in total. The van der Waals surface area contributed by atoms with Crippen LogP contribution in [-0.4, -0.2) is 35.5 Å². The van der Waals surface area contributed by atoms with Crippen LogP contribution in [0.2, 0.25) is 0 Å². The van der Waals surface area contributed by atoms with Gasteiger partial charge in [-0.2, -0.15) is 0 Å². The first-order chi connectivity index (χ1) is 9.28. The van der Waals surface area contributed by atoms with Crippen LogP contribution >= 0.6 is 15.9 Å². The number of benzene rings is 1. The number of hydrogen-bond acceptors (Lipinski definition) is 2. The second-order valence-electron chi connectivity index (χ2n) is 5.21. The minimum Gasteiger partial charge on any atom is -0.488 e. The molecule has 1 aromatic rings. The zero-order valence-electron chi connectivity index (χ0n) is 11.9. The zero-order chi connectivity index (χ0) is 13.7. The van der Waals surface area contributed by atoms with E-state index in [-0.39, 0.29) is 0 Å². The first-order valence-electron chi connectivity index (χ1n) is 7.33. The fraction of sp³-hybridized carbons (Fsp3) is 0.625. The molecule has 0 amide bonds. The summed E-state index contributed by atoms with van der Waals surface area (Å²) >= 11 is 3.57. The molecular weight excluding hydrogens is 302 g/mol. The summed E-state index contributed by atoms with van der Waals surface area (Å²) in [7, 11) is 0. The fourth-order valence-electron chi connectivity index (χ4n) is 2.95. The normalized spacial score (nSPS) is 17.8. The van der Waals surface area contributed by atoms with Gasteiger partial charge in [-0.1, -0.05) is 48.0 Å². The van der Waals surface area contributed by atoms with Crippen LogP contribution in [0.15, 0.2) is 24.3 Å². The highest BCUT2D eigenvalue weighted by molar-refractivity contribution is 9.09. The molecule has 0 aliphatic carbocycles. The Kier molecular flexibility index (Phi) is 5.71. The lowest BCUT2D eigenvalue weighted by molar-refractivity contribution is 0.117. The lowest BCUT2D eigenvalue weighted by atomic mass is 10.1. The van der Waals surface area contributed by atoms with E-state index in [0.29, 0.717) is 12.1 Å². The summed E-state index contributed by atoms with van der Waals surface area (Å²) in [6.45, 7) is 6.69. The Labute approximate surface area is 125 Å². The Bertz CT molecular complexity index is 367. The first kappa shape index (κ1) is 14.9. The molecule has 1 heterocycles. The van der Waals surface area contributed by atoms with E-state index in [1.165, 1.54) is 18.4 Å². The number of fused-ring (bicyclic) bond motifs is 1. The Balaban J connectivity index is 1.96. The molecule has 0 spiro atoms. The Morgan fingerprint density at radius 1 is 1.32 bits per heavy atom. The van der Waals surface area contributed by atoms with E-state index in [4.69, 9.17) is 4.74 Å². The highest BCUT2D eigenvalue weighted by Gasteiger charge is 2.26. The summed E-state index contributed by atoms with van der Waals surface area (Å²) in [4.78, 5) is 2.57. The minimum atomic E-state index is 0.317. The van der Waals surface area contributed by atoms with E-state index in [1.807, 2.05) is 0 Å². The maximum Gasteiger partial charge on any atom is 0.123 e. The van der Waals surface area contributed by atoms with Crippen molar-refractivity contribution < 1.29 is 4.74 Å². The van der Waals surface area contributed by atoms with Crippen molar-refractivity contribution in [1.82, 2.24) is 4.90 Å². The SMILES string of the molecule is CCC(CC)N(CCBr)CC1Cc2ccccc2O1. The van der Waals surface area contributed by atoms with Crippen LogP contribution in [0.25, 0.3) is 0 Å². The van der Waals surface area contributed by atoms with E-state index < -0.39 is 0 Å². The van der Waals surface area contributed by atoms with Crippen molar-refractivity contribution in [2.45, 2.75) is 45.3 Å². The third-order valence-electron chi connectivity index (χ3n) is 3.98. The maximum atomic E-state index is 6.07. The molecule has 0 saturated heterocycles. The number of nitrogens with zero attached hydrogens (tertiary/aromatic N) is 1. The second kappa shape index (κ2) is 7.30. The summed E-state index contributed by atoms with van der Waals surface area (Å²) < 4.78 is 6.07. The lowest BCUT2D eigenvalue weighted by Gasteiger charge is -2.31. The molecule has 19 heavy (non-hydrogen) atoms. The Morgan fingerprint density at radius 2 is 2.05 bits per heavy atom. The maximum absolute atomic E-state index is 6.07. The lowest BCUT2D eigenvalue weighted by Crippen LogP contribution is -2.42. The van der Waals surface area contributed by atoms with Gasteiger partial charge < -0.3 is 4.74 Å². The molecule has 0 aromatic heterocycles. The van der Waals surface area contributed by atoms with Gasteiger partial charge in [0.2, 0.25) is 0 Å². The molecule has 0 bridgehead atoms. The fourth-order valence-corrected chi connectivity index (χ4v) is 3.41. The summed E-state index contributed by atoms with van der Waals surface area (Å²) in [6.07, 6.45) is 3.79. The molecule has 1 aliphatic heterocycles. The molecule has 0 fully saturated rings. The Hall–Kier alpha value is -0.540. The molecule has 1 aliphatic rings. The summed E-state index contributed by atoms with van der Waals surface area (Å²) in [5.74, 6) is 1.08. The third-order valence-corrected chi connectivity index (χ3v) is 4.34. The van der Waals surface area contributed by atoms with Gasteiger partial charge in [-0.05, 0) is 24.5 Å². The van der Waals surface area contributed by atoms with E-state index in [9.17, 15) is 0 Å². The van der Waals surface area contributed by atoms with E-state index in [2.05, 4.69) is 58.9 Å². The van der Waals surface area contributed by atoms with Crippen LogP contribution in [-0.2, 0) is 6.42 Å². The van der Waals surface area contributed by atoms with Crippen LogP contribution in [0.3, 0.4) is 0 Å². The van der Waals surface area contributed by atoms with Gasteiger partial charge in [0.25, 0.3) is 0 Å². The van der Waals surface area contributed by atoms with E-state index >= 15 is 0 Å². The predicted molar refractivity (Wildman–Crippen MR) is 84.3 cm³/mol. The molecule has 2 nitrogen and oxygen atoms in total. The van der Waals surface area contributed by atoms with Crippen molar-refractivity contribution >= 4 is 15.9 Å². The smallest absolute Gasteiger partial charge is 0.123 e. The highest BCUT2D eigenvalue weighted by atomic mass is 79.9. The molecular formula is C16H24BrNO. The van der Waals surface area contributed by atoms with Gasteiger partial charge in [-0.3, -0.25) is 4.90 Å². The minimum absolute atomic E-state index is 0.317. The Morgan fingerprint density at radius 3 is 2.68 bits per heavy atom. The molecule has 0 saturated carbocycles. The zero-order valence-corrected chi connectivity index (χ0v) is 13.5. The molecule has 1 unspecified atom stereocenters. The summed E-state index contributed by atoms with van der Waals surface area (Å²) in [5, 5.41) is 1.03. The molecule has 2 rings (SSSR count). The number of rotatable bonds is 7. The number of alkyl halides is 1. The molecule has 106 valence electrons. The van der Waals surface area contributed by atoms with Crippen LogP contribution in [0, 0.1) is 0 Å². The van der Waals surface area contributed by atoms with Gasteiger partial charge >= 0.3 is 0 Å². The van der Waals surface area contributed by atoms with Gasteiger partial charge in [0.15, 0.2) is 0 Å². The molecule has 0 radical (unpaired) electrons. The van der Waals surface area contributed by atoms with Crippen LogP contribution < -0.4 is 4.74 Å². The van der Waals surface area contributed by atoms with Crippen LogP contribution in [0.4, 0.5) is 0 Å². The van der Waals surface area contributed by atoms with Crippen molar-refractivity contribution in [2.24, 2.45) is 0 Å². The predicted octanol–water partition coefficient (Wildman–Crippen LogP) is 3.88. The van der Waals surface area contributed by atoms with Gasteiger partial charge in [0.05, 0.1) is 0 Å². The molecule has 1 aromatic carbocycles. The summed E-state index contributed by atoms with van der Waals surface area (Å²) in [6, 6.07) is 9.09. The summed E-state index contributed by atoms with van der Waals surface area (Å²) in [5.41, 5.74) is 1.36. The quantitative estimate of drug-likeness (QED) is 0.705. The average Bonchev–Trinajstić information content (AvgIpc) is 2.82. The molecule has 1 atom stereocenters. The van der Waals surface area contributed by atoms with E-state index in [0.717, 1.165) is 30.6 Å².